The largest absolute Gasteiger partial charge is 0.466 e. The first kappa shape index (κ1) is 23.3. The van der Waals surface area contributed by atoms with E-state index in [1.54, 1.807) is 19.2 Å². The van der Waals surface area contributed by atoms with E-state index in [0.717, 1.165) is 11.1 Å². The third-order valence-electron chi connectivity index (χ3n) is 4.09. The minimum atomic E-state index is -0.527. The first-order valence-corrected chi connectivity index (χ1v) is 10.1. The molecule has 0 aliphatic rings. The molecule has 2 rings (SSSR count). The molecule has 2 aromatic rings. The van der Waals surface area contributed by atoms with E-state index < -0.39 is 5.60 Å². The Balaban J connectivity index is 2.00. The lowest BCUT2D eigenvalue weighted by Crippen LogP contribution is -2.28. The summed E-state index contributed by atoms with van der Waals surface area (Å²) in [6.45, 7) is 8.25. The molecule has 7 nitrogen and oxygen atoms in total. The van der Waals surface area contributed by atoms with Crippen LogP contribution >= 0.6 is 0 Å². The Morgan fingerprint density at radius 3 is 2.40 bits per heavy atom. The second-order valence-electron chi connectivity index (χ2n) is 7.84. The van der Waals surface area contributed by atoms with Crippen LogP contribution in [0, 0.1) is 0 Å². The summed E-state index contributed by atoms with van der Waals surface area (Å²) in [7, 11) is 0. The van der Waals surface area contributed by atoms with E-state index in [9.17, 15) is 9.59 Å². The number of nitrogens with zero attached hydrogens (tertiary/aromatic N) is 1. The van der Waals surface area contributed by atoms with Gasteiger partial charge in [0.1, 0.15) is 18.0 Å². The first-order valence-electron chi connectivity index (χ1n) is 10.1. The number of benzene rings is 1. The molecule has 1 atom stereocenters. The number of aromatic nitrogens is 1. The van der Waals surface area contributed by atoms with Crippen LogP contribution in [0.3, 0.4) is 0 Å². The van der Waals surface area contributed by atoms with Gasteiger partial charge in [-0.25, -0.2) is 4.98 Å². The van der Waals surface area contributed by atoms with Crippen molar-refractivity contribution in [3.63, 3.8) is 0 Å². The molecule has 0 aliphatic heterocycles. The third-order valence-corrected chi connectivity index (χ3v) is 4.09. The Morgan fingerprint density at radius 1 is 1.07 bits per heavy atom. The first-order chi connectivity index (χ1) is 14.3. The summed E-state index contributed by atoms with van der Waals surface area (Å²) in [6, 6.07) is 13.4. The summed E-state index contributed by atoms with van der Waals surface area (Å²) in [5, 5.41) is 6.36. The molecule has 1 aromatic heterocycles. The molecular formula is C23H31N3O4. The van der Waals surface area contributed by atoms with Crippen molar-refractivity contribution in [3.05, 3.63) is 59.8 Å². The lowest BCUT2D eigenvalue weighted by atomic mass is 10.1. The fourth-order valence-electron chi connectivity index (χ4n) is 2.79. The summed E-state index contributed by atoms with van der Waals surface area (Å²) >= 11 is 0. The molecule has 0 radical (unpaired) electrons. The summed E-state index contributed by atoms with van der Waals surface area (Å²) in [5.74, 6) is -0.0594. The number of esters is 2. The van der Waals surface area contributed by atoms with E-state index in [1.807, 2.05) is 57.2 Å². The second-order valence-corrected chi connectivity index (χ2v) is 7.84. The molecule has 0 fully saturated rings. The van der Waals surface area contributed by atoms with Gasteiger partial charge in [-0.15, -0.1) is 0 Å². The van der Waals surface area contributed by atoms with E-state index in [1.165, 1.54) is 0 Å². The molecule has 2 N–H and O–H groups in total. The SMILES string of the molecule is CCOC(=O)CC(NCc1ccccc1)c1ccc(NCC(=O)OC(C)(C)C)nc1. The van der Waals surface area contributed by atoms with E-state index in [4.69, 9.17) is 9.47 Å². The molecule has 7 heteroatoms. The molecular weight excluding hydrogens is 382 g/mol. The molecule has 30 heavy (non-hydrogen) atoms. The van der Waals surface area contributed by atoms with Crippen LogP contribution in [0.4, 0.5) is 5.82 Å². The van der Waals surface area contributed by atoms with Crippen molar-refractivity contribution < 1.29 is 19.1 Å². The van der Waals surface area contributed by atoms with Gasteiger partial charge in [0, 0.05) is 18.8 Å². The van der Waals surface area contributed by atoms with Crippen LogP contribution in [-0.2, 0) is 25.6 Å². The van der Waals surface area contributed by atoms with E-state index in [-0.39, 0.29) is 30.9 Å². The number of carbonyl (C=O) groups excluding carboxylic acids is 2. The van der Waals surface area contributed by atoms with Crippen LogP contribution in [-0.4, -0.2) is 35.7 Å². The fourth-order valence-corrected chi connectivity index (χ4v) is 2.79. The number of hydrogen-bond acceptors (Lipinski definition) is 7. The number of carbonyl (C=O) groups is 2. The predicted molar refractivity (Wildman–Crippen MR) is 116 cm³/mol. The van der Waals surface area contributed by atoms with Gasteiger partial charge in [-0.2, -0.15) is 0 Å². The number of anilines is 1. The average Bonchev–Trinajstić information content (AvgIpc) is 2.70. The molecule has 1 aromatic carbocycles. The Kier molecular flexibility index (Phi) is 8.80. The number of pyridine rings is 1. The zero-order valence-electron chi connectivity index (χ0n) is 18.1. The number of rotatable bonds is 10. The van der Waals surface area contributed by atoms with E-state index in [2.05, 4.69) is 15.6 Å². The second kappa shape index (κ2) is 11.3. The van der Waals surface area contributed by atoms with Crippen LogP contribution in [0.2, 0.25) is 0 Å². The third kappa shape index (κ3) is 8.61. The van der Waals surface area contributed by atoms with Crippen molar-refractivity contribution in [2.24, 2.45) is 0 Å². The average molecular weight is 414 g/mol. The maximum Gasteiger partial charge on any atom is 0.325 e. The van der Waals surface area contributed by atoms with E-state index >= 15 is 0 Å². The molecule has 0 saturated carbocycles. The van der Waals surface area contributed by atoms with Crippen molar-refractivity contribution in [3.8, 4) is 0 Å². The quantitative estimate of drug-likeness (QED) is 0.575. The number of nitrogens with one attached hydrogen (secondary N) is 2. The topological polar surface area (TPSA) is 89.6 Å². The maximum absolute atomic E-state index is 12.1. The van der Waals surface area contributed by atoms with Gasteiger partial charge in [0.15, 0.2) is 0 Å². The maximum atomic E-state index is 12.1. The summed E-state index contributed by atoms with van der Waals surface area (Å²) in [5.41, 5.74) is 1.46. The molecule has 0 amide bonds. The van der Waals surface area contributed by atoms with Crippen molar-refractivity contribution in [1.82, 2.24) is 10.3 Å². The minimum absolute atomic E-state index is 0.0299. The zero-order valence-corrected chi connectivity index (χ0v) is 18.1. The Morgan fingerprint density at radius 2 is 1.80 bits per heavy atom. The van der Waals surface area contributed by atoms with E-state index in [0.29, 0.717) is 19.0 Å². The molecule has 0 bridgehead atoms. The van der Waals surface area contributed by atoms with Crippen LogP contribution in [0.25, 0.3) is 0 Å². The summed E-state index contributed by atoms with van der Waals surface area (Å²) < 4.78 is 10.4. The summed E-state index contributed by atoms with van der Waals surface area (Å²) in [6.07, 6.45) is 1.90. The van der Waals surface area contributed by atoms with Gasteiger partial charge in [-0.05, 0) is 44.9 Å². The normalized spacial score (nSPS) is 12.1. The lowest BCUT2D eigenvalue weighted by Gasteiger charge is -2.20. The fraction of sp³-hybridized carbons (Fsp3) is 0.435. The standard InChI is InChI=1S/C23H31N3O4/c1-5-29-21(27)13-19(24-14-17-9-7-6-8-10-17)18-11-12-20(25-15-18)26-16-22(28)30-23(2,3)4/h6-12,15,19,24H,5,13-14,16H2,1-4H3,(H,25,26). The molecule has 1 unspecified atom stereocenters. The highest BCUT2D eigenvalue weighted by atomic mass is 16.6. The zero-order chi connectivity index (χ0) is 22.0. The Hall–Kier alpha value is -2.93. The van der Waals surface area contributed by atoms with Gasteiger partial charge in [-0.3, -0.25) is 9.59 Å². The Labute approximate surface area is 178 Å². The number of hydrogen-bond donors (Lipinski definition) is 2. The van der Waals surface area contributed by atoms with Crippen LogP contribution in [0.15, 0.2) is 48.7 Å². The molecule has 162 valence electrons. The van der Waals surface area contributed by atoms with Crippen molar-refractivity contribution >= 4 is 17.8 Å². The minimum Gasteiger partial charge on any atom is -0.466 e. The van der Waals surface area contributed by atoms with Crippen molar-refractivity contribution in [2.75, 3.05) is 18.5 Å². The molecule has 0 spiro atoms. The van der Waals surface area contributed by atoms with Gasteiger partial charge < -0.3 is 20.1 Å². The highest BCUT2D eigenvalue weighted by molar-refractivity contribution is 5.75. The highest BCUT2D eigenvalue weighted by Crippen LogP contribution is 2.19. The van der Waals surface area contributed by atoms with Crippen LogP contribution in [0.1, 0.15) is 51.3 Å². The predicted octanol–water partition coefficient (Wildman–Crippen LogP) is 3.62. The Bertz CT molecular complexity index is 801. The van der Waals surface area contributed by atoms with Crippen molar-refractivity contribution in [1.29, 1.82) is 0 Å². The van der Waals surface area contributed by atoms with Crippen molar-refractivity contribution in [2.45, 2.75) is 52.3 Å². The van der Waals surface area contributed by atoms with Gasteiger partial charge in [0.25, 0.3) is 0 Å². The van der Waals surface area contributed by atoms with Crippen LogP contribution in [0.5, 0.6) is 0 Å². The highest BCUT2D eigenvalue weighted by Gasteiger charge is 2.18. The van der Waals surface area contributed by atoms with Gasteiger partial charge in [0.05, 0.1) is 13.0 Å². The van der Waals surface area contributed by atoms with Gasteiger partial charge in [-0.1, -0.05) is 36.4 Å². The lowest BCUT2D eigenvalue weighted by molar-refractivity contribution is -0.152. The van der Waals surface area contributed by atoms with Gasteiger partial charge in [0.2, 0.25) is 0 Å². The number of ether oxygens (including phenoxy) is 2. The smallest absolute Gasteiger partial charge is 0.325 e. The molecule has 1 heterocycles. The summed E-state index contributed by atoms with van der Waals surface area (Å²) in [4.78, 5) is 28.3. The molecule has 0 saturated heterocycles. The van der Waals surface area contributed by atoms with Crippen LogP contribution < -0.4 is 10.6 Å². The monoisotopic (exact) mass is 413 g/mol. The molecule has 0 aliphatic carbocycles. The van der Waals surface area contributed by atoms with Gasteiger partial charge >= 0.3 is 11.9 Å².